The van der Waals surface area contributed by atoms with E-state index >= 15 is 0 Å². The highest BCUT2D eigenvalue weighted by Crippen LogP contribution is 2.34. The number of aldehydes is 1. The number of nitrogens with one attached hydrogen (secondary N) is 1. The lowest BCUT2D eigenvalue weighted by Crippen LogP contribution is -2.20. The Morgan fingerprint density at radius 2 is 2.03 bits per heavy atom. The molecule has 0 aliphatic carbocycles. The molecule has 2 aromatic carbocycles. The van der Waals surface area contributed by atoms with Crippen LogP contribution in [0, 0.1) is 0 Å². The van der Waals surface area contributed by atoms with Crippen LogP contribution >= 0.6 is 23.4 Å². The molecule has 0 bridgehead atoms. The highest BCUT2D eigenvalue weighted by Gasteiger charge is 2.33. The minimum absolute atomic E-state index is 0.0114. The van der Waals surface area contributed by atoms with Gasteiger partial charge in [-0.1, -0.05) is 23.7 Å². The molecule has 32 heavy (non-hydrogen) atoms. The number of halogens is 4. The van der Waals surface area contributed by atoms with Gasteiger partial charge in [0.05, 0.1) is 35.3 Å². The zero-order valence-electron chi connectivity index (χ0n) is 16.2. The van der Waals surface area contributed by atoms with Crippen molar-refractivity contribution in [3.63, 3.8) is 0 Å². The van der Waals surface area contributed by atoms with Crippen molar-refractivity contribution in [2.24, 2.45) is 4.99 Å². The molecule has 6 nitrogen and oxygen atoms in total. The minimum atomic E-state index is -4.53. The summed E-state index contributed by atoms with van der Waals surface area (Å²) < 4.78 is 41.6. The molecule has 1 saturated heterocycles. The predicted octanol–water partition coefficient (Wildman–Crippen LogP) is 4.52. The molecule has 164 valence electrons. The Balaban J connectivity index is 1.61. The second-order valence-corrected chi connectivity index (χ2v) is 8.26. The molecule has 0 atom stereocenters. The van der Waals surface area contributed by atoms with Gasteiger partial charge in [0.2, 0.25) is 0 Å². The molecule has 1 aliphatic rings. The van der Waals surface area contributed by atoms with Crippen LogP contribution in [0.4, 0.5) is 13.2 Å². The Kier molecular flexibility index (Phi) is 6.07. The first-order valence-corrected chi connectivity index (χ1v) is 10.4. The quantitative estimate of drug-likeness (QED) is 0.432. The standard InChI is InChI=1S/C21H14ClF3N4O2S/c22-15-3-2-13(16(9-15)21(23,24)25)11-29-17-4-1-12(7-14(17)10-27-29)8-18-19(31)28-20(32-18)26-5-6-30/h1-4,6-10H,5,11H2,(H,26,28,31)/b18-8-. The first-order chi connectivity index (χ1) is 15.2. The molecular formula is C21H14ClF3N4O2S. The number of rotatable bonds is 5. The predicted molar refractivity (Wildman–Crippen MR) is 117 cm³/mol. The maximum atomic E-state index is 13.4. The van der Waals surface area contributed by atoms with E-state index in [2.05, 4.69) is 15.4 Å². The fourth-order valence-corrected chi connectivity index (χ4v) is 4.21. The third kappa shape index (κ3) is 4.71. The summed E-state index contributed by atoms with van der Waals surface area (Å²) in [7, 11) is 0. The summed E-state index contributed by atoms with van der Waals surface area (Å²) in [6.07, 6.45) is -0.675. The summed E-state index contributed by atoms with van der Waals surface area (Å²) >= 11 is 6.87. The van der Waals surface area contributed by atoms with Gasteiger partial charge in [0.1, 0.15) is 6.29 Å². The van der Waals surface area contributed by atoms with E-state index in [0.29, 0.717) is 32.8 Å². The minimum Gasteiger partial charge on any atom is -0.301 e. The molecule has 0 unspecified atom stereocenters. The van der Waals surface area contributed by atoms with Crippen molar-refractivity contribution in [2.75, 3.05) is 6.54 Å². The summed E-state index contributed by atoms with van der Waals surface area (Å²) in [5.41, 5.74) is 0.617. The van der Waals surface area contributed by atoms with Gasteiger partial charge in [-0.15, -0.1) is 0 Å². The van der Waals surface area contributed by atoms with Gasteiger partial charge in [-0.05, 0) is 53.2 Å². The summed E-state index contributed by atoms with van der Waals surface area (Å²) in [6.45, 7) is -0.116. The Morgan fingerprint density at radius 3 is 2.78 bits per heavy atom. The molecule has 1 aliphatic heterocycles. The number of hydrogen-bond acceptors (Lipinski definition) is 5. The van der Waals surface area contributed by atoms with Crippen molar-refractivity contribution in [1.82, 2.24) is 15.1 Å². The Hall–Kier alpha value is -3.11. The van der Waals surface area contributed by atoms with Crippen molar-refractivity contribution < 1.29 is 22.8 Å². The topological polar surface area (TPSA) is 76.3 Å². The number of amides is 1. The first-order valence-electron chi connectivity index (χ1n) is 9.25. The van der Waals surface area contributed by atoms with E-state index in [1.807, 2.05) is 0 Å². The highest BCUT2D eigenvalue weighted by atomic mass is 35.5. The van der Waals surface area contributed by atoms with Crippen molar-refractivity contribution in [3.8, 4) is 0 Å². The van der Waals surface area contributed by atoms with E-state index < -0.39 is 11.7 Å². The molecule has 0 saturated carbocycles. The van der Waals surface area contributed by atoms with E-state index in [9.17, 15) is 22.8 Å². The summed E-state index contributed by atoms with van der Waals surface area (Å²) in [6, 6.07) is 8.93. The number of carbonyl (C=O) groups excluding carboxylic acids is 2. The lowest BCUT2D eigenvalue weighted by Gasteiger charge is -2.14. The summed E-state index contributed by atoms with van der Waals surface area (Å²) in [4.78, 5) is 26.9. The number of alkyl halides is 3. The van der Waals surface area contributed by atoms with Crippen LogP contribution in [0.5, 0.6) is 0 Å². The number of carbonyl (C=O) groups is 2. The van der Waals surface area contributed by atoms with Gasteiger partial charge < -0.3 is 10.1 Å². The van der Waals surface area contributed by atoms with Crippen molar-refractivity contribution >= 4 is 57.7 Å². The molecule has 11 heteroatoms. The summed E-state index contributed by atoms with van der Waals surface area (Å²) in [5.74, 6) is -0.321. The lowest BCUT2D eigenvalue weighted by atomic mass is 10.1. The normalized spacial score (nSPS) is 16.8. The van der Waals surface area contributed by atoms with Crippen LogP contribution in [0.1, 0.15) is 16.7 Å². The molecule has 2 heterocycles. The van der Waals surface area contributed by atoms with Gasteiger partial charge in [0.15, 0.2) is 5.17 Å². The number of hydrogen-bond donors (Lipinski definition) is 1. The molecule has 0 spiro atoms. The van der Waals surface area contributed by atoms with Gasteiger partial charge in [0.25, 0.3) is 5.91 Å². The monoisotopic (exact) mass is 478 g/mol. The molecule has 1 aromatic heterocycles. The van der Waals surface area contributed by atoms with E-state index in [4.69, 9.17) is 11.6 Å². The van der Waals surface area contributed by atoms with Crippen molar-refractivity contribution in [3.05, 3.63) is 69.2 Å². The number of thioether (sulfide) groups is 1. The molecule has 0 radical (unpaired) electrons. The van der Waals surface area contributed by atoms with Crippen LogP contribution in [0.15, 0.2) is 52.5 Å². The molecule has 3 aromatic rings. The van der Waals surface area contributed by atoms with Gasteiger partial charge in [-0.2, -0.15) is 18.3 Å². The fourth-order valence-electron chi connectivity index (χ4n) is 3.21. The Bertz CT molecular complexity index is 1280. The number of aliphatic imine (C=N–C) groups is 1. The Morgan fingerprint density at radius 1 is 1.22 bits per heavy atom. The van der Waals surface area contributed by atoms with E-state index in [0.717, 1.165) is 17.8 Å². The highest BCUT2D eigenvalue weighted by molar-refractivity contribution is 8.18. The average molecular weight is 479 g/mol. The smallest absolute Gasteiger partial charge is 0.301 e. The number of nitrogens with zero attached hydrogens (tertiary/aromatic N) is 3. The van der Waals surface area contributed by atoms with Crippen LogP contribution in [0.2, 0.25) is 5.02 Å². The molecule has 1 fully saturated rings. The van der Waals surface area contributed by atoms with Gasteiger partial charge in [0, 0.05) is 10.4 Å². The number of fused-ring (bicyclic) bond motifs is 1. The van der Waals surface area contributed by atoms with Gasteiger partial charge >= 0.3 is 6.18 Å². The second kappa shape index (κ2) is 8.79. The van der Waals surface area contributed by atoms with Crippen LogP contribution < -0.4 is 5.32 Å². The number of aromatic nitrogens is 2. The van der Waals surface area contributed by atoms with Gasteiger partial charge in [-0.3, -0.25) is 14.5 Å². The molecule has 1 N–H and O–H groups in total. The van der Waals surface area contributed by atoms with Crippen molar-refractivity contribution in [1.29, 1.82) is 0 Å². The average Bonchev–Trinajstić information content (AvgIpc) is 3.30. The zero-order valence-corrected chi connectivity index (χ0v) is 17.8. The first kappa shape index (κ1) is 22.1. The second-order valence-electron chi connectivity index (χ2n) is 6.80. The lowest BCUT2D eigenvalue weighted by molar-refractivity contribution is -0.138. The van der Waals surface area contributed by atoms with Crippen LogP contribution in [-0.4, -0.2) is 33.7 Å². The largest absolute Gasteiger partial charge is 0.416 e. The number of amidine groups is 1. The van der Waals surface area contributed by atoms with Crippen LogP contribution in [0.3, 0.4) is 0 Å². The van der Waals surface area contributed by atoms with Crippen LogP contribution in [-0.2, 0) is 22.3 Å². The maximum Gasteiger partial charge on any atom is 0.416 e. The third-order valence-electron chi connectivity index (χ3n) is 4.62. The molecular weight excluding hydrogens is 465 g/mol. The van der Waals surface area contributed by atoms with Gasteiger partial charge in [-0.25, -0.2) is 0 Å². The Labute approximate surface area is 189 Å². The zero-order chi connectivity index (χ0) is 22.9. The fraction of sp³-hybridized carbons (Fsp3) is 0.143. The van der Waals surface area contributed by atoms with E-state index in [1.54, 1.807) is 30.5 Å². The SMILES string of the molecule is O=CCN=C1NC(=O)/C(=C/c2ccc3c(cnn3Cc3ccc(Cl)cc3C(F)(F)F)c2)S1. The van der Waals surface area contributed by atoms with Crippen molar-refractivity contribution in [2.45, 2.75) is 12.7 Å². The molecule has 4 rings (SSSR count). The van der Waals surface area contributed by atoms with Crippen LogP contribution in [0.25, 0.3) is 17.0 Å². The molecule has 1 amide bonds. The maximum absolute atomic E-state index is 13.4. The van der Waals surface area contributed by atoms with E-state index in [1.165, 1.54) is 16.8 Å². The number of benzene rings is 2. The third-order valence-corrected chi connectivity index (χ3v) is 5.80. The summed E-state index contributed by atoms with van der Waals surface area (Å²) in [5, 5.41) is 7.88. The van der Waals surface area contributed by atoms with E-state index in [-0.39, 0.29) is 29.6 Å².